The molecule has 1 aliphatic rings. The van der Waals surface area contributed by atoms with Gasteiger partial charge >= 0.3 is 5.97 Å². The van der Waals surface area contributed by atoms with Crippen LogP contribution in [0.4, 0.5) is 5.13 Å². The van der Waals surface area contributed by atoms with Gasteiger partial charge in [0.15, 0.2) is 5.13 Å². The number of ether oxygens (including phenoxy) is 1. The van der Waals surface area contributed by atoms with Gasteiger partial charge in [-0.1, -0.05) is 13.3 Å². The van der Waals surface area contributed by atoms with E-state index in [1.807, 2.05) is 26.2 Å². The molecule has 0 bridgehead atoms. The van der Waals surface area contributed by atoms with Crippen LogP contribution < -0.4 is 5.32 Å². The Balaban J connectivity index is 2.01. The summed E-state index contributed by atoms with van der Waals surface area (Å²) in [6.07, 6.45) is 2.44. The van der Waals surface area contributed by atoms with Gasteiger partial charge in [-0.2, -0.15) is 0 Å². The Morgan fingerprint density at radius 1 is 1.58 bits per heavy atom. The summed E-state index contributed by atoms with van der Waals surface area (Å²) in [4.78, 5) is 16.5. The second kappa shape index (κ2) is 5.49. The van der Waals surface area contributed by atoms with Gasteiger partial charge in [-0.05, 0) is 33.1 Å². The number of rotatable bonds is 6. The highest BCUT2D eigenvalue weighted by molar-refractivity contribution is 7.13. The molecule has 2 rings (SSSR count). The van der Waals surface area contributed by atoms with Gasteiger partial charge in [0, 0.05) is 11.4 Å². The largest absolute Gasteiger partial charge is 0.465 e. The molecule has 2 unspecified atom stereocenters. The van der Waals surface area contributed by atoms with E-state index in [2.05, 4.69) is 17.2 Å². The Morgan fingerprint density at radius 3 is 2.89 bits per heavy atom. The zero-order valence-electron chi connectivity index (χ0n) is 12.0. The van der Waals surface area contributed by atoms with Crippen LogP contribution in [0.25, 0.3) is 0 Å². The van der Waals surface area contributed by atoms with Gasteiger partial charge in [-0.3, -0.25) is 4.79 Å². The average Bonchev–Trinajstić information content (AvgIpc) is 2.93. The third-order valence-electron chi connectivity index (χ3n) is 3.69. The Morgan fingerprint density at radius 2 is 2.32 bits per heavy atom. The fourth-order valence-corrected chi connectivity index (χ4v) is 3.02. The van der Waals surface area contributed by atoms with Crippen molar-refractivity contribution < 1.29 is 9.53 Å². The van der Waals surface area contributed by atoms with Gasteiger partial charge in [0.25, 0.3) is 0 Å². The SMILES string of the molecule is CCOC(=O)C(C)(C)c1csc(NC2CC2CC)n1. The summed E-state index contributed by atoms with van der Waals surface area (Å²) in [5.41, 5.74) is 0.104. The molecule has 106 valence electrons. The minimum Gasteiger partial charge on any atom is -0.465 e. The molecule has 1 fully saturated rings. The lowest BCUT2D eigenvalue weighted by molar-refractivity contribution is -0.148. The number of nitrogens with one attached hydrogen (secondary N) is 1. The van der Waals surface area contributed by atoms with Crippen LogP contribution in [0.3, 0.4) is 0 Å². The molecule has 2 atom stereocenters. The molecule has 1 aliphatic carbocycles. The maximum atomic E-state index is 11.9. The van der Waals surface area contributed by atoms with E-state index < -0.39 is 5.41 Å². The summed E-state index contributed by atoms with van der Waals surface area (Å²) < 4.78 is 5.10. The second-order valence-electron chi connectivity index (χ2n) is 5.54. The number of hydrogen-bond donors (Lipinski definition) is 1. The molecule has 1 saturated carbocycles. The molecule has 0 amide bonds. The van der Waals surface area contributed by atoms with Crippen LogP contribution in [-0.2, 0) is 14.9 Å². The average molecular weight is 282 g/mol. The van der Waals surface area contributed by atoms with Crippen LogP contribution in [0.15, 0.2) is 5.38 Å². The number of hydrogen-bond acceptors (Lipinski definition) is 5. The molecule has 19 heavy (non-hydrogen) atoms. The Labute approximate surface area is 118 Å². The van der Waals surface area contributed by atoms with Crippen molar-refractivity contribution >= 4 is 22.4 Å². The highest BCUT2D eigenvalue weighted by Crippen LogP contribution is 2.37. The van der Waals surface area contributed by atoms with Crippen molar-refractivity contribution in [3.63, 3.8) is 0 Å². The molecule has 1 N–H and O–H groups in total. The van der Waals surface area contributed by atoms with Crippen LogP contribution in [-0.4, -0.2) is 23.6 Å². The highest BCUT2D eigenvalue weighted by atomic mass is 32.1. The van der Waals surface area contributed by atoms with E-state index in [9.17, 15) is 4.79 Å². The fraction of sp³-hybridized carbons (Fsp3) is 0.714. The monoisotopic (exact) mass is 282 g/mol. The predicted molar refractivity (Wildman–Crippen MR) is 77.6 cm³/mol. The van der Waals surface area contributed by atoms with Gasteiger partial charge in [-0.25, -0.2) is 4.98 Å². The van der Waals surface area contributed by atoms with Crippen molar-refractivity contribution in [2.24, 2.45) is 5.92 Å². The van der Waals surface area contributed by atoms with Gasteiger partial charge in [0.1, 0.15) is 5.41 Å². The summed E-state index contributed by atoms with van der Waals surface area (Å²) in [5.74, 6) is 0.565. The smallest absolute Gasteiger partial charge is 0.317 e. The number of thiazole rings is 1. The maximum Gasteiger partial charge on any atom is 0.317 e. The summed E-state index contributed by atoms with van der Waals surface area (Å²) in [6.45, 7) is 8.15. The first kappa shape index (κ1) is 14.3. The summed E-state index contributed by atoms with van der Waals surface area (Å²) >= 11 is 1.56. The first-order valence-electron chi connectivity index (χ1n) is 6.88. The van der Waals surface area contributed by atoms with E-state index >= 15 is 0 Å². The van der Waals surface area contributed by atoms with Crippen LogP contribution in [0.5, 0.6) is 0 Å². The first-order chi connectivity index (χ1) is 8.98. The molecular weight excluding hydrogens is 260 g/mol. The van der Waals surface area contributed by atoms with E-state index in [1.54, 1.807) is 11.3 Å². The molecule has 1 aromatic rings. The molecule has 0 aromatic carbocycles. The Bertz CT molecular complexity index is 456. The van der Waals surface area contributed by atoms with Gasteiger partial charge < -0.3 is 10.1 Å². The molecule has 0 saturated heterocycles. The Kier molecular flexibility index (Phi) is 4.13. The standard InChI is InChI=1S/C14H22N2O2S/c1-5-9-7-10(9)15-13-16-11(8-19-13)14(3,4)12(17)18-6-2/h8-10H,5-7H2,1-4H3,(H,15,16). The van der Waals surface area contributed by atoms with Gasteiger partial charge in [-0.15, -0.1) is 11.3 Å². The van der Waals surface area contributed by atoms with Crippen LogP contribution in [0, 0.1) is 5.92 Å². The predicted octanol–water partition coefficient (Wildman–Crippen LogP) is 3.19. The van der Waals surface area contributed by atoms with Crippen molar-refractivity contribution in [1.29, 1.82) is 0 Å². The maximum absolute atomic E-state index is 11.9. The van der Waals surface area contributed by atoms with E-state index in [4.69, 9.17) is 4.74 Å². The van der Waals surface area contributed by atoms with Gasteiger partial charge in [0.05, 0.1) is 12.3 Å². The molecule has 1 heterocycles. The highest BCUT2D eigenvalue weighted by Gasteiger charge is 2.37. The number of anilines is 1. The lowest BCUT2D eigenvalue weighted by atomic mass is 9.90. The lowest BCUT2D eigenvalue weighted by Crippen LogP contribution is -2.31. The van der Waals surface area contributed by atoms with Crippen LogP contribution in [0.1, 0.15) is 46.2 Å². The van der Waals surface area contributed by atoms with Crippen molar-refractivity contribution in [2.45, 2.75) is 52.0 Å². The van der Waals surface area contributed by atoms with Crippen molar-refractivity contribution in [2.75, 3.05) is 11.9 Å². The zero-order chi connectivity index (χ0) is 14.0. The Hall–Kier alpha value is -1.10. The van der Waals surface area contributed by atoms with Crippen LogP contribution in [0.2, 0.25) is 0 Å². The van der Waals surface area contributed by atoms with E-state index in [-0.39, 0.29) is 5.97 Å². The first-order valence-corrected chi connectivity index (χ1v) is 7.76. The van der Waals surface area contributed by atoms with Crippen molar-refractivity contribution in [1.82, 2.24) is 4.98 Å². The summed E-state index contributed by atoms with van der Waals surface area (Å²) in [5, 5.41) is 6.29. The molecule has 1 aromatic heterocycles. The van der Waals surface area contributed by atoms with E-state index in [0.717, 1.165) is 16.7 Å². The third kappa shape index (κ3) is 3.08. The second-order valence-corrected chi connectivity index (χ2v) is 6.40. The lowest BCUT2D eigenvalue weighted by Gasteiger charge is -2.19. The third-order valence-corrected chi connectivity index (χ3v) is 4.46. The minimum absolute atomic E-state index is 0.218. The molecule has 4 nitrogen and oxygen atoms in total. The van der Waals surface area contributed by atoms with Crippen molar-refractivity contribution in [3.8, 4) is 0 Å². The number of carbonyl (C=O) groups is 1. The number of esters is 1. The molecule has 5 heteroatoms. The normalized spacial score (nSPS) is 22.1. The van der Waals surface area contributed by atoms with E-state index in [1.165, 1.54) is 12.8 Å². The minimum atomic E-state index is -0.680. The molecule has 0 spiro atoms. The number of nitrogens with zero attached hydrogens (tertiary/aromatic N) is 1. The topological polar surface area (TPSA) is 51.2 Å². The zero-order valence-corrected chi connectivity index (χ0v) is 12.8. The quantitative estimate of drug-likeness (QED) is 0.814. The van der Waals surface area contributed by atoms with Crippen LogP contribution >= 0.6 is 11.3 Å². The molecule has 0 radical (unpaired) electrons. The van der Waals surface area contributed by atoms with E-state index in [0.29, 0.717) is 12.6 Å². The summed E-state index contributed by atoms with van der Waals surface area (Å²) in [6, 6.07) is 0.565. The number of carbonyl (C=O) groups excluding carboxylic acids is 1. The molecular formula is C14H22N2O2S. The molecule has 0 aliphatic heterocycles. The number of aromatic nitrogens is 1. The summed E-state index contributed by atoms with van der Waals surface area (Å²) in [7, 11) is 0. The van der Waals surface area contributed by atoms with Gasteiger partial charge in [0.2, 0.25) is 0 Å². The van der Waals surface area contributed by atoms with Crippen molar-refractivity contribution in [3.05, 3.63) is 11.1 Å². The fourth-order valence-electron chi connectivity index (χ4n) is 2.08.